The minimum atomic E-state index is -0.197. The zero-order valence-electron chi connectivity index (χ0n) is 15.2. The highest BCUT2D eigenvalue weighted by molar-refractivity contribution is 6.08. The maximum Gasteiger partial charge on any atom is 0.287 e. The molecular weight excluding hydrogens is 322 g/mol. The van der Waals surface area contributed by atoms with Gasteiger partial charge in [0.1, 0.15) is 5.58 Å². The van der Waals surface area contributed by atoms with Crippen LogP contribution in [0.2, 0.25) is 0 Å². The number of hydrogen-bond donors (Lipinski definition) is 1. The Morgan fingerprint density at radius 3 is 2.58 bits per heavy atom. The number of furan rings is 1. The van der Waals surface area contributed by atoms with Crippen molar-refractivity contribution in [2.45, 2.75) is 26.8 Å². The van der Waals surface area contributed by atoms with E-state index in [0.717, 1.165) is 27.3 Å². The molecule has 0 aliphatic rings. The van der Waals surface area contributed by atoms with Crippen molar-refractivity contribution in [3.8, 4) is 0 Å². The fraction of sp³-hybridized carbons (Fsp3) is 0.174. The van der Waals surface area contributed by atoms with E-state index >= 15 is 0 Å². The van der Waals surface area contributed by atoms with Gasteiger partial charge in [-0.1, -0.05) is 54.1 Å². The topological polar surface area (TPSA) is 42.2 Å². The van der Waals surface area contributed by atoms with Crippen molar-refractivity contribution < 1.29 is 9.21 Å². The lowest BCUT2D eigenvalue weighted by atomic mass is 10.0. The number of carbonyl (C=O) groups is 1. The summed E-state index contributed by atoms with van der Waals surface area (Å²) in [5.41, 5.74) is 4.24. The molecule has 0 unspecified atom stereocenters. The molecule has 4 rings (SSSR count). The third-order valence-corrected chi connectivity index (χ3v) is 4.89. The third kappa shape index (κ3) is 2.86. The summed E-state index contributed by atoms with van der Waals surface area (Å²) >= 11 is 0. The van der Waals surface area contributed by atoms with E-state index in [1.54, 1.807) is 0 Å². The van der Waals surface area contributed by atoms with Gasteiger partial charge >= 0.3 is 0 Å². The maximum absolute atomic E-state index is 12.7. The maximum atomic E-state index is 12.7. The Morgan fingerprint density at radius 2 is 1.77 bits per heavy atom. The second kappa shape index (κ2) is 6.34. The van der Waals surface area contributed by atoms with Crippen LogP contribution in [-0.2, 0) is 0 Å². The lowest BCUT2D eigenvalue weighted by molar-refractivity contribution is 0.0914. The molecule has 1 atom stereocenters. The Morgan fingerprint density at radius 1 is 0.962 bits per heavy atom. The molecule has 130 valence electrons. The van der Waals surface area contributed by atoms with E-state index in [-0.39, 0.29) is 11.9 Å². The molecule has 4 aromatic rings. The number of amides is 1. The van der Waals surface area contributed by atoms with Gasteiger partial charge in [0.25, 0.3) is 5.91 Å². The van der Waals surface area contributed by atoms with Gasteiger partial charge in [-0.15, -0.1) is 0 Å². The molecule has 3 heteroatoms. The number of nitrogens with one attached hydrogen (secondary N) is 1. The van der Waals surface area contributed by atoms with E-state index in [9.17, 15) is 4.79 Å². The fourth-order valence-electron chi connectivity index (χ4n) is 3.56. The lowest BCUT2D eigenvalue weighted by Gasteiger charge is -2.16. The van der Waals surface area contributed by atoms with E-state index in [2.05, 4.69) is 43.4 Å². The van der Waals surface area contributed by atoms with Crippen molar-refractivity contribution in [1.82, 2.24) is 5.32 Å². The molecule has 0 saturated carbocycles. The SMILES string of the molecule is Cc1ccc([C@@H](C)NC(=O)c2cc3c(ccc4ccccc43)o2)c(C)c1. The highest BCUT2D eigenvalue weighted by Crippen LogP contribution is 2.28. The third-order valence-electron chi connectivity index (χ3n) is 4.89. The first-order valence-electron chi connectivity index (χ1n) is 8.82. The van der Waals surface area contributed by atoms with Gasteiger partial charge in [-0.2, -0.15) is 0 Å². The first-order valence-corrected chi connectivity index (χ1v) is 8.82. The average Bonchev–Trinajstić information content (AvgIpc) is 3.06. The van der Waals surface area contributed by atoms with Crippen molar-refractivity contribution in [3.63, 3.8) is 0 Å². The molecule has 0 saturated heterocycles. The second-order valence-corrected chi connectivity index (χ2v) is 6.86. The predicted molar refractivity (Wildman–Crippen MR) is 106 cm³/mol. The van der Waals surface area contributed by atoms with E-state index < -0.39 is 0 Å². The highest BCUT2D eigenvalue weighted by Gasteiger charge is 2.17. The van der Waals surface area contributed by atoms with Crippen LogP contribution in [0.5, 0.6) is 0 Å². The molecule has 0 bridgehead atoms. The smallest absolute Gasteiger partial charge is 0.287 e. The lowest BCUT2D eigenvalue weighted by Crippen LogP contribution is -2.26. The van der Waals surface area contributed by atoms with Crippen LogP contribution in [0.1, 0.15) is 40.2 Å². The molecule has 3 nitrogen and oxygen atoms in total. The summed E-state index contributed by atoms with van der Waals surface area (Å²) in [5, 5.41) is 6.24. The molecular formula is C23H21NO2. The van der Waals surface area contributed by atoms with Crippen LogP contribution in [0.4, 0.5) is 0 Å². The zero-order valence-corrected chi connectivity index (χ0v) is 15.2. The van der Waals surface area contributed by atoms with Crippen LogP contribution in [-0.4, -0.2) is 5.91 Å². The van der Waals surface area contributed by atoms with Crippen LogP contribution < -0.4 is 5.32 Å². The van der Waals surface area contributed by atoms with Gasteiger partial charge in [0.2, 0.25) is 0 Å². The molecule has 0 radical (unpaired) electrons. The molecule has 0 aliphatic heterocycles. The van der Waals surface area contributed by atoms with Gasteiger partial charge in [-0.25, -0.2) is 0 Å². The minimum absolute atomic E-state index is 0.0898. The van der Waals surface area contributed by atoms with Crippen molar-refractivity contribution >= 4 is 27.6 Å². The Labute approximate surface area is 152 Å². The number of fused-ring (bicyclic) bond motifs is 3. The minimum Gasteiger partial charge on any atom is -0.451 e. The van der Waals surface area contributed by atoms with E-state index in [4.69, 9.17) is 4.42 Å². The Kier molecular flexibility index (Phi) is 4.00. The predicted octanol–water partition coefficient (Wildman–Crippen LogP) is 5.69. The number of rotatable bonds is 3. The number of aryl methyl sites for hydroxylation is 2. The van der Waals surface area contributed by atoms with Gasteiger partial charge in [0.05, 0.1) is 6.04 Å². The summed E-state index contributed by atoms with van der Waals surface area (Å²) in [4.78, 5) is 12.7. The largest absolute Gasteiger partial charge is 0.451 e. The Hall–Kier alpha value is -3.07. The van der Waals surface area contributed by atoms with Crippen molar-refractivity contribution in [1.29, 1.82) is 0 Å². The van der Waals surface area contributed by atoms with E-state index in [1.165, 1.54) is 11.1 Å². The first kappa shape index (κ1) is 16.4. The first-order chi connectivity index (χ1) is 12.5. The van der Waals surface area contributed by atoms with Gasteiger partial charge in [0.15, 0.2) is 5.76 Å². The van der Waals surface area contributed by atoms with Crippen LogP contribution in [0, 0.1) is 13.8 Å². The van der Waals surface area contributed by atoms with Crippen LogP contribution in [0.3, 0.4) is 0 Å². The fourth-order valence-corrected chi connectivity index (χ4v) is 3.56. The van der Waals surface area contributed by atoms with Crippen LogP contribution >= 0.6 is 0 Å². The molecule has 26 heavy (non-hydrogen) atoms. The standard InChI is InChI=1S/C23H21NO2/c1-14-8-10-18(15(2)12-14)16(3)24-23(25)22-13-20-19-7-5-4-6-17(19)9-11-21(20)26-22/h4-13,16H,1-3H3,(H,24,25)/t16-/m1/s1. The van der Waals surface area contributed by atoms with Gasteiger partial charge < -0.3 is 9.73 Å². The molecule has 0 aliphatic carbocycles. The highest BCUT2D eigenvalue weighted by atomic mass is 16.3. The van der Waals surface area contributed by atoms with Gasteiger partial charge in [-0.05, 0) is 54.8 Å². The summed E-state index contributed by atoms with van der Waals surface area (Å²) < 4.78 is 5.81. The van der Waals surface area contributed by atoms with E-state index in [0.29, 0.717) is 5.76 Å². The summed E-state index contributed by atoms with van der Waals surface area (Å²) in [6, 6.07) is 20.1. The van der Waals surface area contributed by atoms with Crippen molar-refractivity contribution in [2.75, 3.05) is 0 Å². The molecule has 3 aromatic carbocycles. The molecule has 1 amide bonds. The van der Waals surface area contributed by atoms with Crippen molar-refractivity contribution in [2.24, 2.45) is 0 Å². The molecule has 1 aromatic heterocycles. The Bertz CT molecular complexity index is 1120. The zero-order chi connectivity index (χ0) is 18.3. The average molecular weight is 343 g/mol. The van der Waals surface area contributed by atoms with Crippen molar-refractivity contribution in [3.05, 3.63) is 83.1 Å². The normalized spacial score (nSPS) is 12.4. The van der Waals surface area contributed by atoms with Gasteiger partial charge in [0, 0.05) is 5.39 Å². The van der Waals surface area contributed by atoms with E-state index in [1.807, 2.05) is 43.3 Å². The second-order valence-electron chi connectivity index (χ2n) is 6.86. The monoisotopic (exact) mass is 343 g/mol. The number of benzene rings is 3. The van der Waals surface area contributed by atoms with Crippen LogP contribution in [0.15, 0.2) is 65.1 Å². The molecule has 0 fully saturated rings. The molecule has 1 N–H and O–H groups in total. The summed E-state index contributed by atoms with van der Waals surface area (Å²) in [6.45, 7) is 6.13. The molecule has 0 spiro atoms. The Balaban J connectivity index is 1.64. The number of carbonyl (C=O) groups excluding carboxylic acids is 1. The summed E-state index contributed by atoms with van der Waals surface area (Å²) in [7, 11) is 0. The summed E-state index contributed by atoms with van der Waals surface area (Å²) in [5.74, 6) is 0.144. The summed E-state index contributed by atoms with van der Waals surface area (Å²) in [6.07, 6.45) is 0. The van der Waals surface area contributed by atoms with Gasteiger partial charge in [-0.3, -0.25) is 4.79 Å². The quantitative estimate of drug-likeness (QED) is 0.519. The molecule has 1 heterocycles. The number of hydrogen-bond acceptors (Lipinski definition) is 2. The van der Waals surface area contributed by atoms with Crippen LogP contribution in [0.25, 0.3) is 21.7 Å².